The van der Waals surface area contributed by atoms with Gasteiger partial charge in [0.25, 0.3) is 5.91 Å². The highest BCUT2D eigenvalue weighted by atomic mass is 32.1. The largest absolute Gasteiger partial charge is 0.486 e. The Balaban J connectivity index is 1.63. The molecule has 0 saturated carbocycles. The first-order valence-corrected chi connectivity index (χ1v) is 9.36. The lowest BCUT2D eigenvalue weighted by molar-refractivity contribution is 0.0943. The van der Waals surface area contributed by atoms with Crippen molar-refractivity contribution in [3.8, 4) is 5.75 Å². The summed E-state index contributed by atoms with van der Waals surface area (Å²) in [5.41, 5.74) is 3.00. The molecule has 0 spiro atoms. The Bertz CT molecular complexity index is 873. The van der Waals surface area contributed by atoms with E-state index in [9.17, 15) is 4.79 Å². The van der Waals surface area contributed by atoms with Gasteiger partial charge in [-0.2, -0.15) is 0 Å². The molecule has 1 N–H and O–H groups in total. The van der Waals surface area contributed by atoms with Gasteiger partial charge in [0.15, 0.2) is 0 Å². The zero-order chi connectivity index (χ0) is 18.5. The number of ether oxygens (including phenoxy) is 1. The predicted octanol–water partition coefficient (Wildman–Crippen LogP) is 4.83. The first-order chi connectivity index (χ1) is 12.5. The SMILES string of the molecule is Cc1ccc(OCc2nc(C)c(C(=O)N[C@@H](C)c3ccccc3)s2)cc1. The van der Waals surface area contributed by atoms with E-state index < -0.39 is 0 Å². The molecule has 26 heavy (non-hydrogen) atoms. The molecule has 3 rings (SSSR count). The van der Waals surface area contributed by atoms with Crippen molar-refractivity contribution in [1.82, 2.24) is 10.3 Å². The van der Waals surface area contributed by atoms with Crippen LogP contribution in [0.5, 0.6) is 5.75 Å². The molecule has 0 unspecified atom stereocenters. The minimum Gasteiger partial charge on any atom is -0.486 e. The number of carbonyl (C=O) groups excluding carboxylic acids is 1. The van der Waals surface area contributed by atoms with Gasteiger partial charge in [-0.25, -0.2) is 4.98 Å². The average Bonchev–Trinajstić information content (AvgIpc) is 3.03. The number of nitrogens with one attached hydrogen (secondary N) is 1. The molecule has 1 atom stereocenters. The Kier molecular flexibility index (Phi) is 5.68. The number of benzene rings is 2. The number of hydrogen-bond donors (Lipinski definition) is 1. The maximum absolute atomic E-state index is 12.6. The second-order valence-electron chi connectivity index (χ2n) is 6.23. The molecular weight excluding hydrogens is 344 g/mol. The van der Waals surface area contributed by atoms with Crippen LogP contribution in [0.3, 0.4) is 0 Å². The van der Waals surface area contributed by atoms with E-state index in [1.54, 1.807) is 0 Å². The number of aromatic nitrogens is 1. The maximum atomic E-state index is 12.6. The highest BCUT2D eigenvalue weighted by molar-refractivity contribution is 7.13. The summed E-state index contributed by atoms with van der Waals surface area (Å²) < 4.78 is 5.76. The van der Waals surface area contributed by atoms with Crippen LogP contribution in [0.15, 0.2) is 54.6 Å². The predicted molar refractivity (Wildman–Crippen MR) is 105 cm³/mol. The van der Waals surface area contributed by atoms with Crippen LogP contribution in [0.2, 0.25) is 0 Å². The molecule has 0 radical (unpaired) electrons. The number of hydrogen-bond acceptors (Lipinski definition) is 4. The van der Waals surface area contributed by atoms with E-state index in [1.807, 2.05) is 75.4 Å². The molecule has 2 aromatic carbocycles. The molecule has 0 fully saturated rings. The maximum Gasteiger partial charge on any atom is 0.263 e. The van der Waals surface area contributed by atoms with Gasteiger partial charge in [-0.05, 0) is 38.5 Å². The van der Waals surface area contributed by atoms with E-state index in [1.165, 1.54) is 16.9 Å². The van der Waals surface area contributed by atoms with Gasteiger partial charge in [0.05, 0.1) is 11.7 Å². The molecule has 0 saturated heterocycles. The summed E-state index contributed by atoms with van der Waals surface area (Å²) >= 11 is 1.38. The molecule has 0 aliphatic rings. The van der Waals surface area contributed by atoms with Crippen molar-refractivity contribution in [2.45, 2.75) is 33.4 Å². The fourth-order valence-electron chi connectivity index (χ4n) is 2.59. The number of aryl methyl sites for hydroxylation is 2. The van der Waals surface area contributed by atoms with Crippen LogP contribution in [-0.2, 0) is 6.61 Å². The van der Waals surface area contributed by atoms with Gasteiger partial charge < -0.3 is 10.1 Å². The van der Waals surface area contributed by atoms with Gasteiger partial charge in [-0.15, -0.1) is 11.3 Å². The lowest BCUT2D eigenvalue weighted by atomic mass is 10.1. The minimum atomic E-state index is -0.0991. The van der Waals surface area contributed by atoms with E-state index in [2.05, 4.69) is 10.3 Å². The fourth-order valence-corrected chi connectivity index (χ4v) is 3.47. The summed E-state index contributed by atoms with van der Waals surface area (Å²) in [6.45, 7) is 6.23. The van der Waals surface area contributed by atoms with E-state index in [0.29, 0.717) is 11.5 Å². The smallest absolute Gasteiger partial charge is 0.263 e. The number of amides is 1. The van der Waals surface area contributed by atoms with Crippen LogP contribution in [0.4, 0.5) is 0 Å². The lowest BCUT2D eigenvalue weighted by Crippen LogP contribution is -2.26. The van der Waals surface area contributed by atoms with Crippen molar-refractivity contribution in [2.75, 3.05) is 0 Å². The molecule has 1 aromatic heterocycles. The minimum absolute atomic E-state index is 0.0579. The molecule has 0 bridgehead atoms. The molecule has 5 heteroatoms. The summed E-state index contributed by atoms with van der Waals surface area (Å²) in [6, 6.07) is 17.7. The Labute approximate surface area is 157 Å². The van der Waals surface area contributed by atoms with E-state index in [-0.39, 0.29) is 11.9 Å². The number of rotatable bonds is 6. The Morgan fingerprint density at radius 3 is 2.50 bits per heavy atom. The summed E-state index contributed by atoms with van der Waals surface area (Å²) in [5.74, 6) is 0.699. The quantitative estimate of drug-likeness (QED) is 0.680. The van der Waals surface area contributed by atoms with Gasteiger partial charge in [0.2, 0.25) is 0 Å². The van der Waals surface area contributed by atoms with Crippen LogP contribution < -0.4 is 10.1 Å². The summed E-state index contributed by atoms with van der Waals surface area (Å²) in [4.78, 5) is 17.7. The highest BCUT2D eigenvalue weighted by Crippen LogP contribution is 2.22. The first kappa shape index (κ1) is 18.1. The Morgan fingerprint density at radius 1 is 1.12 bits per heavy atom. The molecule has 4 nitrogen and oxygen atoms in total. The number of carbonyl (C=O) groups is 1. The molecule has 3 aromatic rings. The van der Waals surface area contributed by atoms with Gasteiger partial charge in [0, 0.05) is 0 Å². The standard InChI is InChI=1S/C21H22N2O2S/c1-14-9-11-18(12-10-14)25-13-19-22-16(3)20(26-19)21(24)23-15(2)17-7-5-4-6-8-17/h4-12,15H,13H2,1-3H3,(H,23,24)/t15-/m0/s1. The number of thiazole rings is 1. The van der Waals surface area contributed by atoms with Gasteiger partial charge in [0.1, 0.15) is 22.2 Å². The van der Waals surface area contributed by atoms with Crippen LogP contribution in [0, 0.1) is 13.8 Å². The summed E-state index contributed by atoms with van der Waals surface area (Å²) in [6.07, 6.45) is 0. The zero-order valence-corrected chi connectivity index (χ0v) is 16.0. The van der Waals surface area contributed by atoms with Crippen LogP contribution in [0.25, 0.3) is 0 Å². The average molecular weight is 366 g/mol. The third-order valence-electron chi connectivity index (χ3n) is 4.08. The lowest BCUT2D eigenvalue weighted by Gasteiger charge is -2.13. The van der Waals surface area contributed by atoms with E-state index in [0.717, 1.165) is 22.0 Å². The van der Waals surface area contributed by atoms with Crippen molar-refractivity contribution in [3.63, 3.8) is 0 Å². The first-order valence-electron chi connectivity index (χ1n) is 8.54. The van der Waals surface area contributed by atoms with Crippen LogP contribution in [0.1, 0.15) is 44.5 Å². The van der Waals surface area contributed by atoms with Gasteiger partial charge >= 0.3 is 0 Å². The molecule has 0 aliphatic heterocycles. The van der Waals surface area contributed by atoms with Crippen molar-refractivity contribution in [3.05, 3.63) is 81.3 Å². The van der Waals surface area contributed by atoms with Crippen molar-refractivity contribution in [2.24, 2.45) is 0 Å². The second kappa shape index (κ2) is 8.15. The van der Waals surface area contributed by atoms with E-state index >= 15 is 0 Å². The van der Waals surface area contributed by atoms with Crippen LogP contribution >= 0.6 is 11.3 Å². The third-order valence-corrected chi connectivity index (χ3v) is 5.21. The summed E-state index contributed by atoms with van der Waals surface area (Å²) in [5, 5.41) is 3.83. The summed E-state index contributed by atoms with van der Waals surface area (Å²) in [7, 11) is 0. The molecule has 134 valence electrons. The monoisotopic (exact) mass is 366 g/mol. The molecule has 1 amide bonds. The molecule has 1 heterocycles. The van der Waals surface area contributed by atoms with E-state index in [4.69, 9.17) is 4.74 Å². The second-order valence-corrected chi connectivity index (χ2v) is 7.31. The Morgan fingerprint density at radius 2 is 1.81 bits per heavy atom. The molecular formula is C21H22N2O2S. The number of nitrogens with zero attached hydrogens (tertiary/aromatic N) is 1. The third kappa shape index (κ3) is 4.49. The normalized spacial score (nSPS) is 11.8. The van der Waals surface area contributed by atoms with Crippen molar-refractivity contribution in [1.29, 1.82) is 0 Å². The zero-order valence-electron chi connectivity index (χ0n) is 15.2. The fraction of sp³-hybridized carbons (Fsp3) is 0.238. The van der Waals surface area contributed by atoms with Crippen molar-refractivity contribution < 1.29 is 9.53 Å². The highest BCUT2D eigenvalue weighted by Gasteiger charge is 2.18. The van der Waals surface area contributed by atoms with Crippen LogP contribution in [-0.4, -0.2) is 10.9 Å². The van der Waals surface area contributed by atoms with Gasteiger partial charge in [-0.1, -0.05) is 48.0 Å². The molecule has 0 aliphatic carbocycles. The Hall–Kier alpha value is -2.66. The van der Waals surface area contributed by atoms with Crippen molar-refractivity contribution >= 4 is 17.2 Å². The topological polar surface area (TPSA) is 51.2 Å². The van der Waals surface area contributed by atoms with Gasteiger partial charge in [-0.3, -0.25) is 4.79 Å².